The molecule has 0 aromatic heterocycles. The Morgan fingerprint density at radius 2 is 2.19 bits per heavy atom. The lowest BCUT2D eigenvalue weighted by Gasteiger charge is -2.14. The van der Waals surface area contributed by atoms with Gasteiger partial charge in [-0.1, -0.05) is 6.92 Å². The molecule has 4 N–H and O–H groups in total. The molecule has 1 amide bonds. The lowest BCUT2D eigenvalue weighted by Crippen LogP contribution is -2.33. The van der Waals surface area contributed by atoms with E-state index in [1.54, 1.807) is 13.0 Å². The van der Waals surface area contributed by atoms with Crippen LogP contribution in [0, 0.1) is 5.82 Å². The molecule has 0 aliphatic carbocycles. The van der Waals surface area contributed by atoms with E-state index in [0.29, 0.717) is 12.0 Å². The van der Waals surface area contributed by atoms with Crippen LogP contribution in [0.3, 0.4) is 0 Å². The molecule has 1 rings (SSSR count). The SMILES string of the molecule is CCC(Oc1cc(F)cc(CN)c1)C(N)=O. The van der Waals surface area contributed by atoms with Crippen molar-refractivity contribution >= 4 is 5.91 Å². The van der Waals surface area contributed by atoms with Crippen LogP contribution in [-0.2, 0) is 11.3 Å². The minimum absolute atomic E-state index is 0.210. The fourth-order valence-electron chi connectivity index (χ4n) is 1.31. The maximum absolute atomic E-state index is 13.1. The number of nitrogens with two attached hydrogens (primary N) is 2. The van der Waals surface area contributed by atoms with Crippen molar-refractivity contribution in [2.45, 2.75) is 26.0 Å². The van der Waals surface area contributed by atoms with E-state index < -0.39 is 17.8 Å². The number of halogens is 1. The summed E-state index contributed by atoms with van der Waals surface area (Å²) in [5, 5.41) is 0. The standard InChI is InChI=1S/C11H15FN2O2/c1-2-10(11(14)15)16-9-4-7(6-13)3-8(12)5-9/h3-5,10H,2,6,13H2,1H3,(H2,14,15). The molecule has 4 nitrogen and oxygen atoms in total. The normalized spacial score (nSPS) is 12.2. The number of carbonyl (C=O) groups excluding carboxylic acids is 1. The zero-order valence-corrected chi connectivity index (χ0v) is 9.07. The molecular formula is C11H15FN2O2. The third-order valence-corrected chi connectivity index (χ3v) is 2.13. The first-order valence-corrected chi connectivity index (χ1v) is 5.02. The summed E-state index contributed by atoms with van der Waals surface area (Å²) in [6.45, 7) is 1.97. The molecule has 0 saturated heterocycles. The average Bonchev–Trinajstić information content (AvgIpc) is 2.24. The molecule has 0 aliphatic rings. The molecule has 1 unspecified atom stereocenters. The summed E-state index contributed by atoms with van der Waals surface area (Å²) in [6, 6.07) is 4.11. The van der Waals surface area contributed by atoms with Gasteiger partial charge in [-0.15, -0.1) is 0 Å². The van der Waals surface area contributed by atoms with Gasteiger partial charge in [0.1, 0.15) is 11.6 Å². The fraction of sp³-hybridized carbons (Fsp3) is 0.364. The molecule has 1 aromatic carbocycles. The minimum Gasteiger partial charge on any atom is -0.481 e. The van der Waals surface area contributed by atoms with E-state index in [1.165, 1.54) is 12.1 Å². The summed E-state index contributed by atoms with van der Waals surface area (Å²) in [7, 11) is 0. The summed E-state index contributed by atoms with van der Waals surface area (Å²) in [5.74, 6) is -0.746. The van der Waals surface area contributed by atoms with Crippen molar-refractivity contribution in [2.24, 2.45) is 11.5 Å². The Hall–Kier alpha value is -1.62. The van der Waals surface area contributed by atoms with Crippen LogP contribution in [0.1, 0.15) is 18.9 Å². The van der Waals surface area contributed by atoms with Gasteiger partial charge < -0.3 is 16.2 Å². The molecule has 88 valence electrons. The van der Waals surface area contributed by atoms with Crippen LogP contribution in [0.15, 0.2) is 18.2 Å². The molecule has 0 radical (unpaired) electrons. The van der Waals surface area contributed by atoms with Crippen LogP contribution in [0.5, 0.6) is 5.75 Å². The molecule has 0 spiro atoms. The second kappa shape index (κ2) is 5.46. The molecule has 0 fully saturated rings. The summed E-state index contributed by atoms with van der Waals surface area (Å²) < 4.78 is 18.4. The predicted molar refractivity (Wildman–Crippen MR) is 58.2 cm³/mol. The number of carbonyl (C=O) groups is 1. The van der Waals surface area contributed by atoms with Gasteiger partial charge >= 0.3 is 0 Å². The van der Waals surface area contributed by atoms with E-state index in [2.05, 4.69) is 0 Å². The fourth-order valence-corrected chi connectivity index (χ4v) is 1.31. The summed E-state index contributed by atoms with van der Waals surface area (Å²) >= 11 is 0. The highest BCUT2D eigenvalue weighted by molar-refractivity contribution is 5.79. The van der Waals surface area contributed by atoms with E-state index in [9.17, 15) is 9.18 Å². The van der Waals surface area contributed by atoms with Crippen molar-refractivity contribution in [2.75, 3.05) is 0 Å². The van der Waals surface area contributed by atoms with Crippen molar-refractivity contribution in [3.63, 3.8) is 0 Å². The van der Waals surface area contributed by atoms with Crippen LogP contribution in [0.4, 0.5) is 4.39 Å². The zero-order chi connectivity index (χ0) is 12.1. The Kier molecular flexibility index (Phi) is 4.25. The van der Waals surface area contributed by atoms with E-state index in [4.69, 9.17) is 16.2 Å². The molecule has 0 heterocycles. The first kappa shape index (κ1) is 12.4. The number of benzene rings is 1. The van der Waals surface area contributed by atoms with Gasteiger partial charge in [0.25, 0.3) is 5.91 Å². The molecule has 5 heteroatoms. The Labute approximate surface area is 93.4 Å². The van der Waals surface area contributed by atoms with Crippen LogP contribution < -0.4 is 16.2 Å². The van der Waals surface area contributed by atoms with Crippen molar-refractivity contribution in [1.82, 2.24) is 0 Å². The third kappa shape index (κ3) is 3.20. The Morgan fingerprint density at radius 1 is 1.50 bits per heavy atom. The van der Waals surface area contributed by atoms with Gasteiger partial charge in [-0.25, -0.2) is 4.39 Å². The largest absolute Gasteiger partial charge is 0.481 e. The van der Waals surface area contributed by atoms with Gasteiger partial charge in [0.05, 0.1) is 0 Å². The predicted octanol–water partition coefficient (Wildman–Crippen LogP) is 0.927. The maximum atomic E-state index is 13.1. The molecule has 0 bridgehead atoms. The number of hydrogen-bond acceptors (Lipinski definition) is 3. The van der Waals surface area contributed by atoms with E-state index in [0.717, 1.165) is 0 Å². The number of primary amides is 1. The topological polar surface area (TPSA) is 78.3 Å². The summed E-state index contributed by atoms with van der Waals surface area (Å²) in [6.07, 6.45) is -0.309. The van der Waals surface area contributed by atoms with Crippen molar-refractivity contribution in [3.05, 3.63) is 29.6 Å². The van der Waals surface area contributed by atoms with Gasteiger partial charge in [0.2, 0.25) is 0 Å². The van der Waals surface area contributed by atoms with Crippen LogP contribution >= 0.6 is 0 Å². The highest BCUT2D eigenvalue weighted by atomic mass is 19.1. The molecular weight excluding hydrogens is 211 g/mol. The van der Waals surface area contributed by atoms with Crippen LogP contribution in [0.2, 0.25) is 0 Å². The van der Waals surface area contributed by atoms with E-state index in [1.807, 2.05) is 0 Å². The van der Waals surface area contributed by atoms with Crippen LogP contribution in [0.25, 0.3) is 0 Å². The second-order valence-corrected chi connectivity index (χ2v) is 3.42. The maximum Gasteiger partial charge on any atom is 0.258 e. The molecule has 1 atom stereocenters. The first-order chi connectivity index (χ1) is 7.56. The molecule has 0 saturated carbocycles. The Morgan fingerprint density at radius 3 is 2.69 bits per heavy atom. The Bertz CT molecular complexity index is 382. The van der Waals surface area contributed by atoms with Gasteiger partial charge in [-0.05, 0) is 24.1 Å². The molecule has 1 aromatic rings. The van der Waals surface area contributed by atoms with Crippen molar-refractivity contribution < 1.29 is 13.9 Å². The van der Waals surface area contributed by atoms with Crippen molar-refractivity contribution in [1.29, 1.82) is 0 Å². The van der Waals surface area contributed by atoms with Gasteiger partial charge in [-0.3, -0.25) is 4.79 Å². The second-order valence-electron chi connectivity index (χ2n) is 3.42. The number of ether oxygens (including phenoxy) is 1. The number of hydrogen-bond donors (Lipinski definition) is 2. The zero-order valence-electron chi connectivity index (χ0n) is 9.07. The summed E-state index contributed by atoms with van der Waals surface area (Å²) in [4.78, 5) is 11.0. The smallest absolute Gasteiger partial charge is 0.258 e. The Balaban J connectivity index is 2.87. The highest BCUT2D eigenvalue weighted by Gasteiger charge is 2.15. The third-order valence-electron chi connectivity index (χ3n) is 2.13. The lowest BCUT2D eigenvalue weighted by molar-refractivity contribution is -0.124. The number of rotatable bonds is 5. The van der Waals surface area contributed by atoms with Crippen molar-refractivity contribution in [3.8, 4) is 5.75 Å². The number of amides is 1. The molecule has 16 heavy (non-hydrogen) atoms. The monoisotopic (exact) mass is 226 g/mol. The average molecular weight is 226 g/mol. The van der Waals surface area contributed by atoms with Gasteiger partial charge in [-0.2, -0.15) is 0 Å². The minimum atomic E-state index is -0.743. The van der Waals surface area contributed by atoms with E-state index in [-0.39, 0.29) is 12.3 Å². The van der Waals surface area contributed by atoms with Gasteiger partial charge in [0, 0.05) is 12.6 Å². The summed E-state index contributed by atoms with van der Waals surface area (Å²) in [5.41, 5.74) is 11.1. The van der Waals surface area contributed by atoms with Crippen LogP contribution in [-0.4, -0.2) is 12.0 Å². The quantitative estimate of drug-likeness (QED) is 0.783. The van der Waals surface area contributed by atoms with E-state index >= 15 is 0 Å². The molecule has 0 aliphatic heterocycles. The highest BCUT2D eigenvalue weighted by Crippen LogP contribution is 2.18. The lowest BCUT2D eigenvalue weighted by atomic mass is 10.2. The first-order valence-electron chi connectivity index (χ1n) is 5.02. The van der Waals surface area contributed by atoms with Gasteiger partial charge in [0.15, 0.2) is 6.10 Å².